The maximum atomic E-state index is 10.9. The van der Waals surface area contributed by atoms with Crippen LogP contribution in [-0.4, -0.2) is 11.1 Å². The second kappa shape index (κ2) is 6.23. The standard InChI is InChI=1S/C15H18N2O3/c1-10(2)14-9-13(19-17-14)8-12-6-4-5-7-15(12)20-16-11(3)18/h4-7,9-10H,8H2,1-3H3,(H,16,18). The highest BCUT2D eigenvalue weighted by Gasteiger charge is 2.11. The van der Waals surface area contributed by atoms with Crippen molar-refractivity contribution in [1.29, 1.82) is 0 Å². The molecule has 0 aliphatic rings. The van der Waals surface area contributed by atoms with Gasteiger partial charge in [0.2, 0.25) is 5.91 Å². The highest BCUT2D eigenvalue weighted by atomic mass is 16.7. The summed E-state index contributed by atoms with van der Waals surface area (Å²) < 4.78 is 5.32. The first-order valence-electron chi connectivity index (χ1n) is 6.53. The maximum Gasteiger partial charge on any atom is 0.249 e. The lowest BCUT2D eigenvalue weighted by atomic mass is 10.1. The van der Waals surface area contributed by atoms with Crippen molar-refractivity contribution in [2.24, 2.45) is 0 Å². The zero-order chi connectivity index (χ0) is 14.5. The van der Waals surface area contributed by atoms with Crippen molar-refractivity contribution in [3.05, 3.63) is 47.3 Å². The van der Waals surface area contributed by atoms with Crippen LogP contribution in [0.3, 0.4) is 0 Å². The van der Waals surface area contributed by atoms with Gasteiger partial charge in [-0.1, -0.05) is 37.2 Å². The van der Waals surface area contributed by atoms with Crippen LogP contribution in [0.15, 0.2) is 34.9 Å². The number of benzene rings is 1. The number of nitrogens with zero attached hydrogens (tertiary/aromatic N) is 1. The van der Waals surface area contributed by atoms with E-state index in [-0.39, 0.29) is 5.91 Å². The molecule has 106 valence electrons. The molecule has 2 aromatic rings. The summed E-state index contributed by atoms with van der Waals surface area (Å²) in [7, 11) is 0. The van der Waals surface area contributed by atoms with Gasteiger partial charge in [0.05, 0.1) is 5.69 Å². The Hall–Kier alpha value is -2.30. The van der Waals surface area contributed by atoms with Crippen LogP contribution in [0.25, 0.3) is 0 Å². The van der Waals surface area contributed by atoms with E-state index in [1.165, 1.54) is 6.92 Å². The molecular weight excluding hydrogens is 256 g/mol. The van der Waals surface area contributed by atoms with Crippen molar-refractivity contribution in [2.75, 3.05) is 0 Å². The zero-order valence-electron chi connectivity index (χ0n) is 11.8. The molecular formula is C15H18N2O3. The predicted octanol–water partition coefficient (Wildman–Crippen LogP) is 2.82. The summed E-state index contributed by atoms with van der Waals surface area (Å²) in [6, 6.07) is 9.43. The summed E-state index contributed by atoms with van der Waals surface area (Å²) in [6.07, 6.45) is 0.565. The van der Waals surface area contributed by atoms with E-state index >= 15 is 0 Å². The highest BCUT2D eigenvalue weighted by molar-refractivity contribution is 5.71. The van der Waals surface area contributed by atoms with Crippen molar-refractivity contribution in [1.82, 2.24) is 10.6 Å². The van der Waals surface area contributed by atoms with Crippen molar-refractivity contribution in [3.8, 4) is 5.75 Å². The normalized spacial score (nSPS) is 10.6. The molecule has 0 bridgehead atoms. The van der Waals surface area contributed by atoms with Crippen molar-refractivity contribution >= 4 is 5.91 Å². The lowest BCUT2D eigenvalue weighted by molar-refractivity contribution is -0.125. The van der Waals surface area contributed by atoms with Gasteiger partial charge >= 0.3 is 0 Å². The minimum Gasteiger partial charge on any atom is -0.379 e. The summed E-state index contributed by atoms with van der Waals surface area (Å²) in [5.74, 6) is 1.46. The van der Waals surface area contributed by atoms with E-state index in [0.29, 0.717) is 18.1 Å². The molecule has 0 aliphatic heterocycles. The van der Waals surface area contributed by atoms with Gasteiger partial charge in [0.15, 0.2) is 5.75 Å². The van der Waals surface area contributed by atoms with Crippen LogP contribution < -0.4 is 10.3 Å². The number of amides is 1. The number of aromatic nitrogens is 1. The molecule has 5 nitrogen and oxygen atoms in total. The quantitative estimate of drug-likeness (QED) is 0.851. The van der Waals surface area contributed by atoms with Crippen LogP contribution in [0.2, 0.25) is 0 Å². The van der Waals surface area contributed by atoms with Gasteiger partial charge in [0, 0.05) is 25.0 Å². The molecule has 0 aliphatic carbocycles. The number of hydroxylamine groups is 1. The SMILES string of the molecule is CC(=O)NOc1ccccc1Cc1cc(C(C)C)no1. The van der Waals surface area contributed by atoms with Gasteiger partial charge in [-0.3, -0.25) is 4.79 Å². The number of nitrogens with one attached hydrogen (secondary N) is 1. The molecule has 1 N–H and O–H groups in total. The van der Waals surface area contributed by atoms with E-state index in [1.807, 2.05) is 24.3 Å². The number of hydrogen-bond acceptors (Lipinski definition) is 4. The largest absolute Gasteiger partial charge is 0.379 e. The Labute approximate surface area is 117 Å². The summed E-state index contributed by atoms with van der Waals surface area (Å²) >= 11 is 0. The summed E-state index contributed by atoms with van der Waals surface area (Å²) in [4.78, 5) is 16.2. The topological polar surface area (TPSA) is 64.4 Å². The fourth-order valence-electron chi connectivity index (χ4n) is 1.75. The maximum absolute atomic E-state index is 10.9. The molecule has 0 saturated heterocycles. The summed E-state index contributed by atoms with van der Waals surface area (Å²) in [5, 5.41) is 4.03. The van der Waals surface area contributed by atoms with Crippen LogP contribution in [0.4, 0.5) is 0 Å². The summed E-state index contributed by atoms with van der Waals surface area (Å²) in [5.41, 5.74) is 4.18. The van der Waals surface area contributed by atoms with Gasteiger partial charge < -0.3 is 9.36 Å². The Kier molecular flexibility index (Phi) is 4.40. The first-order valence-corrected chi connectivity index (χ1v) is 6.53. The average Bonchev–Trinajstić information content (AvgIpc) is 2.86. The number of rotatable bonds is 5. The van der Waals surface area contributed by atoms with Gasteiger partial charge in [-0.15, -0.1) is 0 Å². The van der Waals surface area contributed by atoms with Gasteiger partial charge in [0.25, 0.3) is 0 Å². The van der Waals surface area contributed by atoms with E-state index in [4.69, 9.17) is 9.36 Å². The molecule has 0 atom stereocenters. The molecule has 0 saturated carbocycles. The molecule has 5 heteroatoms. The molecule has 0 fully saturated rings. The van der Waals surface area contributed by atoms with Gasteiger partial charge in [0.1, 0.15) is 5.76 Å². The predicted molar refractivity (Wildman–Crippen MR) is 74.3 cm³/mol. The van der Waals surface area contributed by atoms with E-state index < -0.39 is 0 Å². The zero-order valence-corrected chi connectivity index (χ0v) is 11.8. The molecule has 0 unspecified atom stereocenters. The molecule has 1 heterocycles. The van der Waals surface area contributed by atoms with Crippen LogP contribution in [-0.2, 0) is 11.2 Å². The molecule has 1 aromatic carbocycles. The third-order valence-electron chi connectivity index (χ3n) is 2.81. The van der Waals surface area contributed by atoms with Gasteiger partial charge in [-0.25, -0.2) is 0 Å². The fourth-order valence-corrected chi connectivity index (χ4v) is 1.75. The fraction of sp³-hybridized carbons (Fsp3) is 0.333. The third-order valence-corrected chi connectivity index (χ3v) is 2.81. The van der Waals surface area contributed by atoms with E-state index in [0.717, 1.165) is 17.0 Å². The Morgan fingerprint density at radius 2 is 2.15 bits per heavy atom. The molecule has 1 amide bonds. The minimum absolute atomic E-state index is 0.249. The molecule has 0 radical (unpaired) electrons. The Morgan fingerprint density at radius 1 is 1.40 bits per heavy atom. The van der Waals surface area contributed by atoms with Crippen LogP contribution in [0, 0.1) is 0 Å². The number of carbonyl (C=O) groups is 1. The van der Waals surface area contributed by atoms with Crippen LogP contribution in [0.1, 0.15) is 43.7 Å². The van der Waals surface area contributed by atoms with Gasteiger partial charge in [-0.05, 0) is 12.0 Å². The van der Waals surface area contributed by atoms with E-state index in [9.17, 15) is 4.79 Å². The lowest BCUT2D eigenvalue weighted by Crippen LogP contribution is -2.24. The first kappa shape index (κ1) is 14.1. The Morgan fingerprint density at radius 3 is 2.80 bits per heavy atom. The molecule has 1 aromatic heterocycles. The second-order valence-electron chi connectivity index (χ2n) is 4.92. The van der Waals surface area contributed by atoms with Crippen LogP contribution in [0.5, 0.6) is 5.75 Å². The first-order chi connectivity index (χ1) is 9.56. The van der Waals surface area contributed by atoms with Crippen molar-refractivity contribution in [3.63, 3.8) is 0 Å². The third kappa shape index (κ3) is 3.60. The monoisotopic (exact) mass is 274 g/mol. The summed E-state index contributed by atoms with van der Waals surface area (Å²) in [6.45, 7) is 5.53. The van der Waals surface area contributed by atoms with Crippen molar-refractivity contribution in [2.45, 2.75) is 33.1 Å². The number of para-hydroxylation sites is 1. The number of hydrogen-bond donors (Lipinski definition) is 1. The van der Waals surface area contributed by atoms with Gasteiger partial charge in [-0.2, -0.15) is 5.48 Å². The van der Waals surface area contributed by atoms with Crippen molar-refractivity contribution < 1.29 is 14.2 Å². The molecule has 0 spiro atoms. The molecule has 2 rings (SSSR count). The number of carbonyl (C=O) groups excluding carboxylic acids is 1. The lowest BCUT2D eigenvalue weighted by Gasteiger charge is -2.08. The second-order valence-corrected chi connectivity index (χ2v) is 4.92. The Bertz CT molecular complexity index is 590. The average molecular weight is 274 g/mol. The molecule has 20 heavy (non-hydrogen) atoms. The smallest absolute Gasteiger partial charge is 0.249 e. The minimum atomic E-state index is -0.249. The van der Waals surface area contributed by atoms with Crippen LogP contribution >= 0.6 is 0 Å². The van der Waals surface area contributed by atoms with E-state index in [1.54, 1.807) is 6.07 Å². The van der Waals surface area contributed by atoms with E-state index in [2.05, 4.69) is 24.5 Å². The Balaban J connectivity index is 2.13. The highest BCUT2D eigenvalue weighted by Crippen LogP contribution is 2.22.